The van der Waals surface area contributed by atoms with Crippen molar-refractivity contribution in [3.8, 4) is 0 Å². The molecule has 2 atom stereocenters. The van der Waals surface area contributed by atoms with Crippen molar-refractivity contribution >= 4 is 66.7 Å². The van der Waals surface area contributed by atoms with Crippen LogP contribution in [0, 0.1) is 13.8 Å². The molecule has 17 heteroatoms. The number of pyridine rings is 1. The molecular formula is C71H90N4O11S2. The fraction of sp³-hybridized carbons (Fsp3) is 0.380. The van der Waals surface area contributed by atoms with Gasteiger partial charge in [0, 0.05) is 109 Å². The largest absolute Gasteiger partial charge is 0.748 e. The molecule has 4 heterocycles. The number of carboxylic acid groups (broad SMARTS) is 2. The second-order valence-corrected chi connectivity index (χ2v) is 25.9. The lowest BCUT2D eigenvalue weighted by atomic mass is 9.75. The van der Waals surface area contributed by atoms with Crippen LogP contribution < -0.4 is 19.8 Å². The minimum absolute atomic E-state index is 0. The van der Waals surface area contributed by atoms with Crippen LogP contribution >= 0.6 is 0 Å². The number of fused-ring (bicyclic) bond motifs is 2. The highest BCUT2D eigenvalue weighted by Crippen LogP contribution is 2.53. The number of rotatable bonds is 27. The lowest BCUT2D eigenvalue weighted by molar-refractivity contribution is -0.709. The third kappa shape index (κ3) is 20.8. The van der Waals surface area contributed by atoms with Crippen LogP contribution in [-0.4, -0.2) is 71.9 Å². The maximum Gasteiger partial charge on any atom is 0.303 e. The number of carbonyl (C=O) groups is 2. The summed E-state index contributed by atoms with van der Waals surface area (Å²) >= 11 is 0. The van der Waals surface area contributed by atoms with Crippen molar-refractivity contribution in [1.82, 2.24) is 4.58 Å². The van der Waals surface area contributed by atoms with Crippen LogP contribution in [0.1, 0.15) is 153 Å². The van der Waals surface area contributed by atoms with Gasteiger partial charge in [-0.3, -0.25) is 9.59 Å². The SMILES string of the molecule is C.CC1=CC(=C/C=C/C2=[N+](c3ccccc3)c3ccccc3C2(C)CCCCS(=O)(=O)[O-])C=C(C)O1.Cc1cc(C=CC=C2N(c3ccccc3)c3ccccc3C2(C)CCCCS(=O)(=O)[O-])cc(C)[n+]1CCCCCC(=O)O.NCCCCCC(=O)O. The molecular weight excluding hydrogens is 1150 g/mol. The van der Waals surface area contributed by atoms with E-state index in [1.807, 2.05) is 86.7 Å². The van der Waals surface area contributed by atoms with Crippen LogP contribution in [0.25, 0.3) is 6.08 Å². The van der Waals surface area contributed by atoms with Gasteiger partial charge < -0.3 is 34.7 Å². The van der Waals surface area contributed by atoms with Crippen LogP contribution in [0.5, 0.6) is 0 Å². The summed E-state index contributed by atoms with van der Waals surface area (Å²) in [6.45, 7) is 14.0. The third-order valence-corrected chi connectivity index (χ3v) is 17.5. The standard InChI is InChI=1S/C35H42N2O5S.C29H31NO4S.C6H13NO2.CH4/c1-27-25-29(26-28(2)36(27)23-12-5-8-21-34(38)39)15-14-20-33-35(3,22-11-13-24-43(40,41)42)31-18-9-10-19-32(31)37(33)30-16-6-4-7-17-30;1-22-20-24(21-23(2)34-22)12-11-17-28-29(3,18-9-10-19-35(31,32)33)26-15-7-8-16-27(26)30(28)25-13-5-4-6-14-25;7-5-3-1-2-4-6(8)9;/h4,6-7,9-10,14-20,25-26H,5,8,11-13,21-24H2,1-3H3,(H-,38,39,40,41,42);4-8,11-17,20-21H,9-10,18-19H2,1-3H3;1-5,7H2,(H,8,9);1H4/b;17-11+;;. The smallest absolute Gasteiger partial charge is 0.303 e. The Morgan fingerprint density at radius 1 is 0.614 bits per heavy atom. The Labute approximate surface area is 523 Å². The molecule has 0 aliphatic carbocycles. The Morgan fingerprint density at radius 3 is 1.69 bits per heavy atom. The summed E-state index contributed by atoms with van der Waals surface area (Å²) < 4.78 is 77.3. The number of para-hydroxylation sites is 4. The van der Waals surface area contributed by atoms with E-state index in [9.17, 15) is 35.5 Å². The van der Waals surface area contributed by atoms with E-state index in [1.165, 1.54) is 11.1 Å². The monoisotopic (exact) mass is 1240 g/mol. The van der Waals surface area contributed by atoms with E-state index in [2.05, 4.69) is 139 Å². The van der Waals surface area contributed by atoms with Gasteiger partial charge in [-0.15, -0.1) is 0 Å². The summed E-state index contributed by atoms with van der Waals surface area (Å²) in [4.78, 5) is 23.0. The molecule has 0 radical (unpaired) electrons. The van der Waals surface area contributed by atoms with Crippen molar-refractivity contribution in [3.63, 3.8) is 0 Å². The normalized spacial score (nSPS) is 17.5. The van der Waals surface area contributed by atoms with E-state index in [0.29, 0.717) is 45.1 Å². The summed E-state index contributed by atoms with van der Waals surface area (Å²) in [5.41, 5.74) is 17.9. The lowest BCUT2D eigenvalue weighted by Crippen LogP contribution is -2.40. The second kappa shape index (κ2) is 33.7. The zero-order chi connectivity index (χ0) is 63.2. The van der Waals surface area contributed by atoms with Crippen molar-refractivity contribution in [2.24, 2.45) is 5.73 Å². The van der Waals surface area contributed by atoms with Crippen molar-refractivity contribution in [2.45, 2.75) is 156 Å². The van der Waals surface area contributed by atoms with Crippen LogP contribution in [0.4, 0.5) is 22.7 Å². The summed E-state index contributed by atoms with van der Waals surface area (Å²) in [5, 5.41) is 17.0. The zero-order valence-corrected chi connectivity index (χ0v) is 52.8. The van der Waals surface area contributed by atoms with Gasteiger partial charge in [-0.05, 0) is 139 Å². The van der Waals surface area contributed by atoms with Gasteiger partial charge in [0.05, 0.1) is 25.7 Å². The minimum atomic E-state index is -4.24. The molecule has 1 aromatic heterocycles. The molecule has 472 valence electrons. The first-order valence-electron chi connectivity index (χ1n) is 30.0. The van der Waals surface area contributed by atoms with Gasteiger partial charge in [-0.1, -0.05) is 124 Å². The van der Waals surface area contributed by atoms with Crippen LogP contribution in [0.15, 0.2) is 187 Å². The van der Waals surface area contributed by atoms with E-state index in [0.717, 1.165) is 113 Å². The summed E-state index contributed by atoms with van der Waals surface area (Å²) in [5.74, 6) is -0.420. The third-order valence-electron chi connectivity index (χ3n) is 15.9. The highest BCUT2D eigenvalue weighted by molar-refractivity contribution is 7.85. The molecule has 3 aliphatic heterocycles. The van der Waals surface area contributed by atoms with Gasteiger partial charge in [-0.2, -0.15) is 4.58 Å². The predicted molar refractivity (Wildman–Crippen MR) is 353 cm³/mol. The first-order chi connectivity index (χ1) is 41.4. The van der Waals surface area contributed by atoms with Crippen molar-refractivity contribution in [3.05, 3.63) is 215 Å². The summed E-state index contributed by atoms with van der Waals surface area (Å²) in [6.07, 6.45) is 25.7. The predicted octanol–water partition coefficient (Wildman–Crippen LogP) is 14.5. The van der Waals surface area contributed by atoms with Gasteiger partial charge in [0.1, 0.15) is 18.1 Å². The maximum atomic E-state index is 11.2. The number of hydrogen-bond donors (Lipinski definition) is 3. The molecule has 2 unspecified atom stereocenters. The molecule has 8 rings (SSSR count). The maximum absolute atomic E-state index is 11.2. The number of hydrogen-bond acceptors (Lipinski definition) is 11. The van der Waals surface area contributed by atoms with Gasteiger partial charge in [0.25, 0.3) is 0 Å². The molecule has 15 nitrogen and oxygen atoms in total. The molecule has 88 heavy (non-hydrogen) atoms. The number of aryl methyl sites for hydroxylation is 2. The Kier molecular flexibility index (Phi) is 27.3. The molecule has 5 aromatic rings. The molecule has 0 spiro atoms. The van der Waals surface area contributed by atoms with Crippen LogP contribution in [-0.2, 0) is 51.9 Å². The molecule has 4 aromatic carbocycles. The molecule has 0 bridgehead atoms. The number of nitrogens with two attached hydrogens (primary N) is 1. The van der Waals surface area contributed by atoms with Gasteiger partial charge in [0.2, 0.25) is 11.4 Å². The number of ether oxygens (including phenoxy) is 1. The Morgan fingerprint density at radius 2 is 1.12 bits per heavy atom. The summed E-state index contributed by atoms with van der Waals surface area (Å²) in [7, 11) is -8.46. The zero-order valence-electron chi connectivity index (χ0n) is 51.2. The van der Waals surface area contributed by atoms with E-state index in [1.54, 1.807) is 0 Å². The quantitative estimate of drug-likeness (QED) is 0.0252. The fourth-order valence-corrected chi connectivity index (χ4v) is 12.8. The number of carboxylic acids is 2. The first kappa shape index (κ1) is 71.2. The lowest BCUT2D eigenvalue weighted by Gasteiger charge is -2.30. The average Bonchev–Trinajstić information content (AvgIpc) is 1.63. The van der Waals surface area contributed by atoms with Crippen molar-refractivity contribution < 1.29 is 55.0 Å². The fourth-order valence-electron chi connectivity index (χ4n) is 11.7. The molecule has 0 fully saturated rings. The molecule has 0 saturated heterocycles. The number of anilines is 2. The number of nitrogens with zero attached hydrogens (tertiary/aromatic N) is 3. The van der Waals surface area contributed by atoms with Gasteiger partial charge >= 0.3 is 11.9 Å². The molecule has 4 N–H and O–H groups in total. The van der Waals surface area contributed by atoms with Gasteiger partial charge in [0.15, 0.2) is 17.1 Å². The summed E-state index contributed by atoms with van der Waals surface area (Å²) in [6, 6.07) is 41.5. The number of allylic oxidation sites excluding steroid dienone is 11. The highest BCUT2D eigenvalue weighted by atomic mass is 32.2. The van der Waals surface area contributed by atoms with Crippen molar-refractivity contribution in [2.75, 3.05) is 23.0 Å². The molecule has 0 amide bonds. The minimum Gasteiger partial charge on any atom is -0.748 e. The first-order valence-corrected chi connectivity index (χ1v) is 33.2. The van der Waals surface area contributed by atoms with Gasteiger partial charge in [-0.25, -0.2) is 21.4 Å². The Bertz CT molecular complexity index is 3580. The van der Waals surface area contributed by atoms with E-state index in [-0.39, 0.29) is 42.6 Å². The van der Waals surface area contributed by atoms with E-state index in [4.69, 9.17) is 20.7 Å². The Balaban J connectivity index is 0.000000282. The topological polar surface area (TPSA) is 234 Å². The molecule has 0 saturated carbocycles. The number of aromatic nitrogens is 1. The number of benzene rings is 4. The number of unbranched alkanes of at least 4 members (excludes halogenated alkanes) is 6. The van der Waals surface area contributed by atoms with Crippen LogP contribution in [0.2, 0.25) is 0 Å². The highest BCUT2D eigenvalue weighted by Gasteiger charge is 2.48. The van der Waals surface area contributed by atoms with Crippen molar-refractivity contribution in [1.29, 1.82) is 0 Å². The van der Waals surface area contributed by atoms with Crippen LogP contribution in [0.3, 0.4) is 0 Å². The Hall–Kier alpha value is -7.54. The molecule has 3 aliphatic rings. The average molecular weight is 1240 g/mol. The number of aliphatic carboxylic acids is 2. The van der Waals surface area contributed by atoms with E-state index < -0.39 is 32.2 Å². The van der Waals surface area contributed by atoms with E-state index >= 15 is 0 Å². The second-order valence-electron chi connectivity index (χ2n) is 22.8.